The molecule has 1 heterocycles. The van der Waals surface area contributed by atoms with Crippen LogP contribution in [0.15, 0.2) is 12.1 Å². The molecule has 0 unspecified atom stereocenters. The SMILES string of the molecule is Cc1c(N2C(=O)N(C)[C@]3(CCC(=O)C3)C2=O)ccc(C#N)c1Cl. The molecule has 1 aromatic carbocycles. The zero-order valence-electron chi connectivity index (χ0n) is 12.7. The number of ketones is 1. The van der Waals surface area contributed by atoms with Crippen molar-refractivity contribution in [2.75, 3.05) is 11.9 Å². The molecule has 7 heteroatoms. The number of likely N-dealkylation sites (N-methyl/N-ethyl adjacent to an activating group) is 1. The van der Waals surface area contributed by atoms with Crippen molar-refractivity contribution in [3.05, 3.63) is 28.3 Å². The lowest BCUT2D eigenvalue weighted by Crippen LogP contribution is -2.45. The quantitative estimate of drug-likeness (QED) is 0.740. The minimum atomic E-state index is -1.08. The van der Waals surface area contributed by atoms with Crippen LogP contribution in [-0.4, -0.2) is 35.2 Å². The van der Waals surface area contributed by atoms with Gasteiger partial charge in [-0.1, -0.05) is 11.6 Å². The van der Waals surface area contributed by atoms with Crippen molar-refractivity contribution in [2.45, 2.75) is 31.7 Å². The number of rotatable bonds is 1. The number of halogens is 1. The third-order valence-electron chi connectivity index (χ3n) is 4.75. The Kier molecular flexibility index (Phi) is 3.42. The molecule has 1 saturated heterocycles. The van der Waals surface area contributed by atoms with Gasteiger partial charge in [0.05, 0.1) is 16.3 Å². The van der Waals surface area contributed by atoms with Gasteiger partial charge in [-0.25, -0.2) is 9.69 Å². The van der Waals surface area contributed by atoms with Crippen molar-refractivity contribution in [1.29, 1.82) is 5.26 Å². The lowest BCUT2D eigenvalue weighted by Gasteiger charge is -2.26. The maximum absolute atomic E-state index is 12.9. The molecule has 1 atom stereocenters. The minimum absolute atomic E-state index is 0.0190. The maximum Gasteiger partial charge on any atom is 0.332 e. The average Bonchev–Trinajstić information content (AvgIpc) is 3.00. The van der Waals surface area contributed by atoms with E-state index in [4.69, 9.17) is 16.9 Å². The van der Waals surface area contributed by atoms with Crippen LogP contribution in [0.4, 0.5) is 10.5 Å². The topological polar surface area (TPSA) is 81.5 Å². The lowest BCUT2D eigenvalue weighted by atomic mass is 9.96. The number of hydrogen-bond donors (Lipinski definition) is 0. The first kappa shape index (κ1) is 15.5. The van der Waals surface area contributed by atoms with Gasteiger partial charge >= 0.3 is 6.03 Å². The highest BCUT2D eigenvalue weighted by atomic mass is 35.5. The molecule has 0 aromatic heterocycles. The molecule has 1 spiro atoms. The van der Waals surface area contributed by atoms with Crippen molar-refractivity contribution in [1.82, 2.24) is 4.90 Å². The van der Waals surface area contributed by atoms with E-state index >= 15 is 0 Å². The highest BCUT2D eigenvalue weighted by Crippen LogP contribution is 2.42. The molecule has 1 saturated carbocycles. The molecule has 1 aliphatic carbocycles. The van der Waals surface area contributed by atoms with Crippen LogP contribution in [0.5, 0.6) is 0 Å². The number of nitrogens with zero attached hydrogens (tertiary/aromatic N) is 3. The Labute approximate surface area is 138 Å². The Morgan fingerprint density at radius 1 is 1.30 bits per heavy atom. The first-order valence-corrected chi connectivity index (χ1v) is 7.54. The number of nitriles is 1. The molecule has 0 radical (unpaired) electrons. The molecule has 1 aromatic rings. The smallest absolute Gasteiger partial charge is 0.312 e. The van der Waals surface area contributed by atoms with Crippen molar-refractivity contribution in [2.24, 2.45) is 0 Å². The summed E-state index contributed by atoms with van der Waals surface area (Å²) in [5.74, 6) is -0.422. The number of carbonyl (C=O) groups is 3. The summed E-state index contributed by atoms with van der Waals surface area (Å²) in [6.45, 7) is 1.66. The fourth-order valence-electron chi connectivity index (χ4n) is 3.31. The highest BCUT2D eigenvalue weighted by molar-refractivity contribution is 6.33. The second-order valence-corrected chi connectivity index (χ2v) is 6.29. The highest BCUT2D eigenvalue weighted by Gasteiger charge is 2.59. The number of anilines is 1. The third-order valence-corrected chi connectivity index (χ3v) is 5.23. The number of hydrogen-bond acceptors (Lipinski definition) is 4. The number of urea groups is 1. The molecule has 2 fully saturated rings. The molecule has 2 aliphatic rings. The van der Waals surface area contributed by atoms with E-state index in [1.54, 1.807) is 20.0 Å². The van der Waals surface area contributed by atoms with Gasteiger partial charge in [0.25, 0.3) is 5.91 Å². The van der Waals surface area contributed by atoms with E-state index in [-0.39, 0.29) is 22.8 Å². The van der Waals surface area contributed by atoms with Gasteiger partial charge in [-0.3, -0.25) is 9.59 Å². The van der Waals surface area contributed by atoms with Crippen LogP contribution in [0.25, 0.3) is 0 Å². The molecule has 1 aliphatic heterocycles. The van der Waals surface area contributed by atoms with Crippen molar-refractivity contribution < 1.29 is 14.4 Å². The molecular formula is C16H14ClN3O3. The summed E-state index contributed by atoms with van der Waals surface area (Å²) in [5, 5.41) is 9.23. The predicted molar refractivity (Wildman–Crippen MR) is 83.1 cm³/mol. The van der Waals surface area contributed by atoms with E-state index in [0.29, 0.717) is 24.1 Å². The van der Waals surface area contributed by atoms with Crippen LogP contribution >= 0.6 is 11.6 Å². The number of Topliss-reactive ketones (excluding diaryl/α,β-unsaturated/α-hetero) is 1. The molecule has 3 amide bonds. The van der Waals surface area contributed by atoms with E-state index < -0.39 is 17.5 Å². The summed E-state index contributed by atoms with van der Waals surface area (Å²) < 4.78 is 0. The van der Waals surface area contributed by atoms with Gasteiger partial charge in [-0.15, -0.1) is 0 Å². The van der Waals surface area contributed by atoms with E-state index in [1.165, 1.54) is 11.0 Å². The van der Waals surface area contributed by atoms with E-state index in [0.717, 1.165) is 4.90 Å². The van der Waals surface area contributed by atoms with Crippen LogP contribution in [0.1, 0.15) is 30.4 Å². The summed E-state index contributed by atoms with van der Waals surface area (Å²) in [6, 6.07) is 4.51. The molecular weight excluding hydrogens is 318 g/mol. The Hall–Kier alpha value is -2.39. The number of benzene rings is 1. The largest absolute Gasteiger partial charge is 0.332 e. The van der Waals surface area contributed by atoms with Crippen LogP contribution in [-0.2, 0) is 9.59 Å². The summed E-state index contributed by atoms with van der Waals surface area (Å²) in [5.41, 5.74) is 0.0430. The van der Waals surface area contributed by atoms with Gasteiger partial charge in [-0.05, 0) is 31.0 Å². The summed E-state index contributed by atoms with van der Waals surface area (Å²) in [6.07, 6.45) is 0.685. The molecule has 3 rings (SSSR count). The van der Waals surface area contributed by atoms with E-state index in [9.17, 15) is 14.4 Å². The van der Waals surface area contributed by atoms with Crippen molar-refractivity contribution in [3.8, 4) is 6.07 Å². The normalized spacial score (nSPS) is 24.0. The molecule has 23 heavy (non-hydrogen) atoms. The monoisotopic (exact) mass is 331 g/mol. The number of carbonyl (C=O) groups excluding carboxylic acids is 3. The Balaban J connectivity index is 2.10. The van der Waals surface area contributed by atoms with Gasteiger partial charge in [-0.2, -0.15) is 5.26 Å². The third kappa shape index (κ3) is 1.97. The second-order valence-electron chi connectivity index (χ2n) is 5.91. The Bertz CT molecular complexity index is 798. The molecule has 118 valence electrons. The summed E-state index contributed by atoms with van der Waals surface area (Å²) >= 11 is 6.14. The van der Waals surface area contributed by atoms with E-state index in [1.807, 2.05) is 6.07 Å². The van der Waals surface area contributed by atoms with E-state index in [2.05, 4.69) is 0 Å². The first-order chi connectivity index (χ1) is 10.8. The summed E-state index contributed by atoms with van der Waals surface area (Å²) in [7, 11) is 1.54. The van der Waals surface area contributed by atoms with Crippen molar-refractivity contribution in [3.63, 3.8) is 0 Å². The zero-order valence-corrected chi connectivity index (χ0v) is 13.5. The average molecular weight is 332 g/mol. The first-order valence-electron chi connectivity index (χ1n) is 7.17. The lowest BCUT2D eigenvalue weighted by molar-refractivity contribution is -0.126. The fourth-order valence-corrected chi connectivity index (χ4v) is 3.51. The number of imide groups is 1. The van der Waals surface area contributed by atoms with Crippen LogP contribution in [0.3, 0.4) is 0 Å². The minimum Gasteiger partial charge on any atom is -0.312 e. The van der Waals surface area contributed by atoms with Gasteiger partial charge in [0.1, 0.15) is 17.4 Å². The van der Waals surface area contributed by atoms with Crippen molar-refractivity contribution >= 4 is 35.0 Å². The second kappa shape index (κ2) is 5.07. The maximum atomic E-state index is 12.9. The standard InChI is InChI=1S/C16H14ClN3O3/c1-9-12(4-3-10(8-18)13(9)17)20-14(22)16(19(2)15(20)23)6-5-11(21)7-16/h3-4H,5-7H2,1-2H3/t16-/m0/s1. The molecule has 0 N–H and O–H groups in total. The fraction of sp³-hybridized carbons (Fsp3) is 0.375. The van der Waals surface area contributed by atoms with Crippen LogP contribution in [0, 0.1) is 18.3 Å². The molecule has 0 bridgehead atoms. The zero-order chi connectivity index (χ0) is 16.9. The molecule has 6 nitrogen and oxygen atoms in total. The van der Waals surface area contributed by atoms with Gasteiger partial charge < -0.3 is 4.90 Å². The van der Waals surface area contributed by atoms with Crippen LogP contribution < -0.4 is 4.90 Å². The predicted octanol–water partition coefficient (Wildman–Crippen LogP) is 2.41. The van der Waals surface area contributed by atoms with Gasteiger partial charge in [0.2, 0.25) is 0 Å². The summed E-state index contributed by atoms with van der Waals surface area (Å²) in [4.78, 5) is 39.6. The number of amides is 3. The van der Waals surface area contributed by atoms with Crippen LogP contribution in [0.2, 0.25) is 5.02 Å². The Morgan fingerprint density at radius 2 is 2.00 bits per heavy atom. The van der Waals surface area contributed by atoms with Gasteiger partial charge in [0, 0.05) is 19.9 Å². The Morgan fingerprint density at radius 3 is 2.57 bits per heavy atom. The van der Waals surface area contributed by atoms with Gasteiger partial charge in [0.15, 0.2) is 0 Å².